The van der Waals surface area contributed by atoms with Crippen molar-refractivity contribution in [2.45, 2.75) is 64.8 Å². The first-order chi connectivity index (χ1) is 21.1. The fraction of sp³-hybridized carbons (Fsp3) is 0.464. The number of benzene rings is 1. The van der Waals surface area contributed by atoms with Crippen LogP contribution < -0.4 is 20.4 Å². The molecule has 3 aromatic rings. The molecule has 0 aliphatic carbocycles. The summed E-state index contributed by atoms with van der Waals surface area (Å²) in [4.78, 5) is 45.5. The molecule has 17 heteroatoms. The summed E-state index contributed by atoms with van der Waals surface area (Å²) < 4.78 is 73.0. The monoisotopic (exact) mass is 657 g/mol. The number of carbonyl (C=O) groups excluding carboxylic acids is 3. The van der Waals surface area contributed by atoms with Crippen LogP contribution in [0.3, 0.4) is 0 Å². The van der Waals surface area contributed by atoms with Gasteiger partial charge in [0.1, 0.15) is 38.7 Å². The summed E-state index contributed by atoms with van der Waals surface area (Å²) in [5, 5.41) is 11.1. The second kappa shape index (κ2) is 13.4. The summed E-state index contributed by atoms with van der Waals surface area (Å²) in [6, 6.07) is 2.56. The van der Waals surface area contributed by atoms with Crippen molar-refractivity contribution < 1.29 is 41.1 Å². The molecule has 3 N–H and O–H groups in total. The predicted molar refractivity (Wildman–Crippen MR) is 157 cm³/mol. The summed E-state index contributed by atoms with van der Waals surface area (Å²) in [5.74, 6) is -4.16. The number of rotatable bonds is 7. The van der Waals surface area contributed by atoms with E-state index in [0.29, 0.717) is 42.2 Å². The maximum absolute atomic E-state index is 14.7. The van der Waals surface area contributed by atoms with Crippen molar-refractivity contribution in [1.82, 2.24) is 20.5 Å². The van der Waals surface area contributed by atoms with Crippen molar-refractivity contribution in [2.75, 3.05) is 34.8 Å². The normalized spacial score (nSPS) is 15.8. The van der Waals surface area contributed by atoms with Crippen molar-refractivity contribution in [3.05, 3.63) is 41.7 Å². The van der Waals surface area contributed by atoms with E-state index < -0.39 is 52.9 Å². The minimum Gasteiger partial charge on any atom is -0.444 e. The highest BCUT2D eigenvalue weighted by Gasteiger charge is 2.40. The van der Waals surface area contributed by atoms with Crippen LogP contribution in [0.2, 0.25) is 0 Å². The highest BCUT2D eigenvalue weighted by molar-refractivity contribution is 7.19. The van der Waals surface area contributed by atoms with Gasteiger partial charge in [-0.2, -0.15) is 18.3 Å². The standard InChI is InChI=1S/C28H32F5N7O4S/c1-5-40(18-14-34-38-21(18)39-12-7-8-15(11-13-39)35-25(42)28(31,32)33)24(41)20-23(37-26(43)44-27(2,3)4)45-22(36-20)19-16(29)9-6-10-17(19)30/h6,9-10,14-15H,5,7-8,11-13H2,1-4H3,(H,34,38)(H,35,42)(H,37,43)/t15-/m0/s1. The van der Waals surface area contributed by atoms with Gasteiger partial charge in [-0.15, -0.1) is 0 Å². The Labute approximate surface area is 259 Å². The Balaban J connectivity index is 1.64. The molecule has 1 fully saturated rings. The Morgan fingerprint density at radius 1 is 1.13 bits per heavy atom. The molecule has 0 spiro atoms. The highest BCUT2D eigenvalue weighted by atomic mass is 32.1. The van der Waals surface area contributed by atoms with Gasteiger partial charge in [0, 0.05) is 25.7 Å². The fourth-order valence-corrected chi connectivity index (χ4v) is 5.73. The summed E-state index contributed by atoms with van der Waals surface area (Å²) >= 11 is 0.691. The lowest BCUT2D eigenvalue weighted by Gasteiger charge is -2.27. The van der Waals surface area contributed by atoms with Crippen LogP contribution in [0, 0.1) is 11.6 Å². The Hall–Kier alpha value is -4.28. The molecule has 1 aliphatic rings. The Morgan fingerprint density at radius 2 is 1.82 bits per heavy atom. The predicted octanol–water partition coefficient (Wildman–Crippen LogP) is 5.86. The van der Waals surface area contributed by atoms with Crippen molar-refractivity contribution in [3.8, 4) is 10.6 Å². The molecule has 11 nitrogen and oxygen atoms in total. The number of amides is 3. The molecular weight excluding hydrogens is 625 g/mol. The number of carbonyl (C=O) groups is 3. The number of aromatic amines is 1. The van der Waals surface area contributed by atoms with Crippen molar-refractivity contribution in [2.24, 2.45) is 0 Å². The van der Waals surface area contributed by atoms with Gasteiger partial charge in [-0.1, -0.05) is 17.4 Å². The third-order valence-corrected chi connectivity index (χ3v) is 7.70. The molecule has 0 bridgehead atoms. The smallest absolute Gasteiger partial charge is 0.444 e. The van der Waals surface area contributed by atoms with Gasteiger partial charge in [0.15, 0.2) is 5.69 Å². The first-order valence-electron chi connectivity index (χ1n) is 14.0. The van der Waals surface area contributed by atoms with E-state index in [1.165, 1.54) is 17.2 Å². The quantitative estimate of drug-likeness (QED) is 0.271. The number of alkyl halides is 3. The van der Waals surface area contributed by atoms with Crippen LogP contribution in [-0.2, 0) is 9.53 Å². The number of ether oxygens (including phenoxy) is 1. The van der Waals surface area contributed by atoms with Gasteiger partial charge in [0.2, 0.25) is 0 Å². The molecule has 45 heavy (non-hydrogen) atoms. The van der Waals surface area contributed by atoms with E-state index in [0.717, 1.165) is 12.1 Å². The first kappa shape index (κ1) is 33.6. The number of nitrogens with zero attached hydrogens (tertiary/aromatic N) is 4. The molecule has 1 aliphatic heterocycles. The molecule has 3 heterocycles. The molecule has 0 saturated carbocycles. The van der Waals surface area contributed by atoms with Crippen molar-refractivity contribution in [3.63, 3.8) is 0 Å². The zero-order valence-corrected chi connectivity index (χ0v) is 25.7. The second-order valence-corrected chi connectivity index (χ2v) is 12.2. The summed E-state index contributed by atoms with van der Waals surface area (Å²) in [7, 11) is 0. The molecule has 2 aromatic heterocycles. The average molecular weight is 658 g/mol. The molecule has 1 saturated heterocycles. The van der Waals surface area contributed by atoms with Crippen molar-refractivity contribution in [1.29, 1.82) is 0 Å². The third-order valence-electron chi connectivity index (χ3n) is 6.71. The lowest BCUT2D eigenvalue weighted by Crippen LogP contribution is -2.43. The average Bonchev–Trinajstić information content (AvgIpc) is 3.50. The van der Waals surface area contributed by atoms with Crippen LogP contribution in [0.25, 0.3) is 10.6 Å². The van der Waals surface area contributed by atoms with E-state index in [9.17, 15) is 36.3 Å². The summed E-state index contributed by atoms with van der Waals surface area (Å²) in [6.45, 7) is 7.29. The van der Waals surface area contributed by atoms with Gasteiger partial charge in [-0.3, -0.25) is 20.0 Å². The van der Waals surface area contributed by atoms with Crippen molar-refractivity contribution >= 4 is 45.8 Å². The molecule has 0 radical (unpaired) electrons. The number of thiazole rings is 1. The largest absolute Gasteiger partial charge is 0.471 e. The molecular formula is C28H32F5N7O4S. The van der Waals surface area contributed by atoms with E-state index in [4.69, 9.17) is 4.74 Å². The van der Waals surface area contributed by atoms with E-state index in [1.54, 1.807) is 32.6 Å². The van der Waals surface area contributed by atoms with Gasteiger partial charge in [0.05, 0.1) is 11.8 Å². The molecule has 1 aromatic carbocycles. The first-order valence-corrected chi connectivity index (χ1v) is 14.8. The molecule has 3 amide bonds. The number of H-pyrrole nitrogens is 1. The third kappa shape index (κ3) is 8.06. The van der Waals surface area contributed by atoms with Gasteiger partial charge in [-0.05, 0) is 59.1 Å². The van der Waals surface area contributed by atoms with Crippen LogP contribution >= 0.6 is 11.3 Å². The zero-order valence-electron chi connectivity index (χ0n) is 24.8. The second-order valence-electron chi connectivity index (χ2n) is 11.2. The highest BCUT2D eigenvalue weighted by Crippen LogP contribution is 2.37. The number of hydrogen-bond donors (Lipinski definition) is 3. The van der Waals surface area contributed by atoms with E-state index in [-0.39, 0.29) is 35.2 Å². The van der Waals surface area contributed by atoms with E-state index >= 15 is 0 Å². The maximum Gasteiger partial charge on any atom is 0.471 e. The SMILES string of the molecule is CCN(C(=O)c1nc(-c2c(F)cccc2F)sc1NC(=O)OC(C)(C)C)c1cn[nH]c1N1CCC[C@H](NC(=O)C(F)(F)F)CC1. The Morgan fingerprint density at radius 3 is 2.44 bits per heavy atom. The van der Waals surface area contributed by atoms with Crippen LogP contribution in [-0.4, -0.2) is 70.5 Å². The minimum absolute atomic E-state index is 0.0796. The number of halogens is 5. The number of nitrogens with one attached hydrogen (secondary N) is 3. The van der Waals surface area contributed by atoms with Gasteiger partial charge in [0.25, 0.3) is 5.91 Å². The van der Waals surface area contributed by atoms with Gasteiger partial charge in [-0.25, -0.2) is 18.6 Å². The minimum atomic E-state index is -4.99. The number of anilines is 3. The summed E-state index contributed by atoms with van der Waals surface area (Å²) in [5.41, 5.74) is -1.36. The molecule has 244 valence electrons. The van der Waals surface area contributed by atoms with E-state index in [1.807, 2.05) is 5.32 Å². The Kier molecular flexibility index (Phi) is 9.99. The van der Waals surface area contributed by atoms with Gasteiger partial charge >= 0.3 is 18.2 Å². The van der Waals surface area contributed by atoms with Crippen LogP contribution in [0.4, 0.5) is 43.3 Å². The zero-order chi connectivity index (χ0) is 33.1. The number of aromatic nitrogens is 3. The lowest BCUT2D eigenvalue weighted by molar-refractivity contribution is -0.174. The van der Waals surface area contributed by atoms with Crippen LogP contribution in [0.1, 0.15) is 57.4 Å². The maximum atomic E-state index is 14.7. The fourth-order valence-electron chi connectivity index (χ4n) is 4.74. The molecule has 0 unspecified atom stereocenters. The van der Waals surface area contributed by atoms with Gasteiger partial charge < -0.3 is 19.9 Å². The van der Waals surface area contributed by atoms with Crippen LogP contribution in [0.5, 0.6) is 0 Å². The van der Waals surface area contributed by atoms with E-state index in [2.05, 4.69) is 20.5 Å². The molecule has 4 rings (SSSR count). The van der Waals surface area contributed by atoms with Crippen LogP contribution in [0.15, 0.2) is 24.4 Å². The summed E-state index contributed by atoms with van der Waals surface area (Å²) in [6.07, 6.45) is -3.57. The lowest BCUT2D eigenvalue weighted by atomic mass is 10.1. The topological polar surface area (TPSA) is 133 Å². The molecule has 1 atom stereocenters. The number of hydrogen-bond acceptors (Lipinski definition) is 8. The Bertz CT molecular complexity index is 1530.